The van der Waals surface area contributed by atoms with Crippen molar-refractivity contribution in [2.24, 2.45) is 0 Å². The van der Waals surface area contributed by atoms with Gasteiger partial charge in [-0.25, -0.2) is 0 Å². The normalized spacial score (nSPS) is 6.57. The van der Waals surface area contributed by atoms with E-state index in [1.165, 1.54) is 0 Å². The molecule has 0 aliphatic rings. The molecule has 43 valence electrons. The summed E-state index contributed by atoms with van der Waals surface area (Å²) in [6.45, 7) is 6.39. The fraction of sp³-hybridized carbons (Fsp3) is 1.00. The molecule has 0 aromatic heterocycles. The predicted octanol–water partition coefficient (Wildman–Crippen LogP) is 0.169. The third kappa shape index (κ3) is 29.0. The van der Waals surface area contributed by atoms with Gasteiger partial charge in [0.15, 0.2) is 0 Å². The van der Waals surface area contributed by atoms with E-state index in [4.69, 9.17) is 10.5 Å². The second-order valence-electron chi connectivity index (χ2n) is 0.957. The van der Waals surface area contributed by atoms with Gasteiger partial charge in [0.1, 0.15) is 5.59 Å². The summed E-state index contributed by atoms with van der Waals surface area (Å²) in [5.41, 5.74) is 5.75. The second kappa shape index (κ2) is 17.6. The minimum atomic E-state index is 1.09. The van der Waals surface area contributed by atoms with Crippen molar-refractivity contribution in [3.63, 3.8) is 0 Å². The summed E-state index contributed by atoms with van der Waals surface area (Å²) < 4.78 is 0. The maximum Gasteiger partial charge on any atom is 0.120 e. The molecule has 1 N–H and O–H groups in total. The lowest BCUT2D eigenvalue weighted by Crippen LogP contribution is -2.09. The van der Waals surface area contributed by atoms with Crippen LogP contribution in [0.25, 0.3) is 0 Å². The van der Waals surface area contributed by atoms with Crippen LogP contribution < -0.4 is 10.9 Å². The lowest BCUT2D eigenvalue weighted by molar-refractivity contribution is 0.762. The van der Waals surface area contributed by atoms with Crippen LogP contribution in [-0.4, -0.2) is 13.1 Å². The van der Waals surface area contributed by atoms with Crippen molar-refractivity contribution in [1.82, 2.24) is 10.9 Å². The zero-order valence-electron chi connectivity index (χ0n) is 4.77. The number of rotatable bonds is 2. The molecular formula is C4H11N2O. The third-order valence-corrected chi connectivity index (χ3v) is 0.500. The second-order valence-corrected chi connectivity index (χ2v) is 0.957. The molecule has 0 amide bonds. The van der Waals surface area contributed by atoms with Crippen LogP contribution in [0.1, 0.15) is 13.8 Å². The van der Waals surface area contributed by atoms with Gasteiger partial charge in [0.2, 0.25) is 0 Å². The van der Waals surface area contributed by atoms with Gasteiger partial charge in [-0.15, -0.1) is 4.91 Å². The van der Waals surface area contributed by atoms with Crippen molar-refractivity contribution in [3.05, 3.63) is 4.91 Å². The monoisotopic (exact) mass is 103 g/mol. The van der Waals surface area contributed by atoms with Gasteiger partial charge in [0.25, 0.3) is 0 Å². The molecule has 0 aromatic carbocycles. The summed E-state index contributed by atoms with van der Waals surface area (Å²) in [7, 11) is 0. The third-order valence-electron chi connectivity index (χ3n) is 0.500. The Morgan fingerprint density at radius 3 is 1.57 bits per heavy atom. The average molecular weight is 103 g/mol. The van der Waals surface area contributed by atoms with E-state index >= 15 is 0 Å². The quantitative estimate of drug-likeness (QED) is 0.541. The van der Waals surface area contributed by atoms with Crippen molar-refractivity contribution in [3.8, 4) is 0 Å². The zero-order chi connectivity index (χ0) is 6.12. The molecule has 3 nitrogen and oxygen atoms in total. The molecule has 1 radical (unpaired) electrons. The maximum absolute atomic E-state index is 7.25. The van der Waals surface area contributed by atoms with Crippen LogP contribution in [0.15, 0.2) is 0 Å². The molecule has 0 aliphatic heterocycles. The molecule has 0 aliphatic carbocycles. The molecule has 7 heavy (non-hydrogen) atoms. The first kappa shape index (κ1) is 9.75. The zero-order valence-corrected chi connectivity index (χ0v) is 4.77. The fourth-order valence-corrected chi connectivity index (χ4v) is 0.250. The van der Waals surface area contributed by atoms with Crippen LogP contribution in [-0.2, 0) is 0 Å². The highest BCUT2D eigenvalue weighted by Gasteiger charge is 1.62. The van der Waals surface area contributed by atoms with Crippen LogP contribution in [0.5, 0.6) is 0 Å². The standard InChI is InChI=1S/C4H11N.NO/c1-3-5-4-2;1-2/h5H,3-4H2,1-2H3;. The number of nitrogens with zero attached hydrogens (tertiary/aromatic N) is 1. The summed E-state index contributed by atoms with van der Waals surface area (Å²) in [5, 5.41) is 3.11. The molecular weight excluding hydrogens is 92.1 g/mol. The van der Waals surface area contributed by atoms with E-state index in [-0.39, 0.29) is 0 Å². The van der Waals surface area contributed by atoms with Gasteiger partial charge in [-0.2, -0.15) is 0 Å². The summed E-state index contributed by atoms with van der Waals surface area (Å²) in [6.07, 6.45) is 0. The Bertz CT molecular complexity index is 23.7. The van der Waals surface area contributed by atoms with Gasteiger partial charge in [0, 0.05) is 0 Å². The molecule has 3 heteroatoms. The van der Waals surface area contributed by atoms with Crippen LogP contribution in [0.3, 0.4) is 0 Å². The first-order chi connectivity index (χ1) is 3.41. The average Bonchev–Trinajstić information content (AvgIpc) is 1.75. The van der Waals surface area contributed by atoms with Crippen molar-refractivity contribution in [2.75, 3.05) is 13.1 Å². The molecule has 0 heterocycles. The predicted molar refractivity (Wildman–Crippen MR) is 29.7 cm³/mol. The molecule has 0 saturated carbocycles. The van der Waals surface area contributed by atoms with Gasteiger partial charge < -0.3 is 5.32 Å². The minimum Gasteiger partial charge on any atom is -0.317 e. The van der Waals surface area contributed by atoms with E-state index in [0.717, 1.165) is 13.1 Å². The molecule has 0 aromatic rings. The largest absolute Gasteiger partial charge is 0.317 e. The minimum absolute atomic E-state index is 1.09. The highest BCUT2D eigenvalue weighted by Crippen LogP contribution is 1.47. The fourth-order valence-electron chi connectivity index (χ4n) is 0.250. The molecule has 0 bridgehead atoms. The first-order valence-electron chi connectivity index (χ1n) is 2.30. The van der Waals surface area contributed by atoms with Crippen molar-refractivity contribution < 1.29 is 0 Å². The van der Waals surface area contributed by atoms with Gasteiger partial charge >= 0.3 is 0 Å². The number of hydrogen-bond acceptors (Lipinski definition) is 2. The van der Waals surface area contributed by atoms with E-state index in [1.54, 1.807) is 0 Å². The Kier molecular flexibility index (Phi) is 24.6. The Balaban J connectivity index is 0. The SMILES string of the molecule is CCNCC.[N]=O. The van der Waals surface area contributed by atoms with Gasteiger partial charge in [-0.1, -0.05) is 13.8 Å². The lowest BCUT2D eigenvalue weighted by atomic mass is 10.7. The summed E-state index contributed by atoms with van der Waals surface area (Å²) in [6, 6.07) is 0. The topological polar surface area (TPSA) is 51.4 Å². The van der Waals surface area contributed by atoms with Crippen LogP contribution in [0.4, 0.5) is 0 Å². The van der Waals surface area contributed by atoms with Crippen molar-refractivity contribution in [1.29, 1.82) is 0 Å². The number of nitroso groups, excluding NO2 is 1. The molecule has 0 unspecified atom stereocenters. The van der Waals surface area contributed by atoms with Crippen LogP contribution >= 0.6 is 0 Å². The van der Waals surface area contributed by atoms with E-state index in [1.807, 2.05) is 0 Å². The van der Waals surface area contributed by atoms with Crippen molar-refractivity contribution >= 4 is 0 Å². The van der Waals surface area contributed by atoms with Gasteiger partial charge in [0.05, 0.1) is 0 Å². The number of nitrogens with one attached hydrogen (secondary N) is 1. The smallest absolute Gasteiger partial charge is 0.120 e. The van der Waals surface area contributed by atoms with E-state index in [9.17, 15) is 0 Å². The Hall–Kier alpha value is -0.440. The lowest BCUT2D eigenvalue weighted by Gasteiger charge is -1.86. The highest BCUT2D eigenvalue weighted by atomic mass is 16.2. The van der Waals surface area contributed by atoms with E-state index in [0.29, 0.717) is 0 Å². The molecule has 0 rings (SSSR count). The number of hydrogen-bond donors (Lipinski definition) is 1. The van der Waals surface area contributed by atoms with Crippen molar-refractivity contribution in [2.45, 2.75) is 13.8 Å². The summed E-state index contributed by atoms with van der Waals surface area (Å²) >= 11 is 0. The molecule has 0 spiro atoms. The van der Waals surface area contributed by atoms with Crippen LogP contribution in [0, 0.1) is 4.91 Å². The molecule has 0 saturated heterocycles. The Morgan fingerprint density at radius 1 is 1.29 bits per heavy atom. The Morgan fingerprint density at radius 2 is 1.57 bits per heavy atom. The Labute approximate surface area is 43.9 Å². The molecule has 0 fully saturated rings. The molecule has 0 atom stereocenters. The maximum atomic E-state index is 7.25. The van der Waals surface area contributed by atoms with Gasteiger partial charge in [-0.05, 0) is 13.1 Å². The summed E-state index contributed by atoms with van der Waals surface area (Å²) in [5.74, 6) is 0. The summed E-state index contributed by atoms with van der Waals surface area (Å²) in [4.78, 5) is 7.25. The van der Waals surface area contributed by atoms with Crippen LogP contribution in [0.2, 0.25) is 0 Å². The van der Waals surface area contributed by atoms with Gasteiger partial charge in [-0.3, -0.25) is 0 Å². The van der Waals surface area contributed by atoms with E-state index in [2.05, 4.69) is 19.2 Å². The highest BCUT2D eigenvalue weighted by molar-refractivity contribution is 4.27. The first-order valence-corrected chi connectivity index (χ1v) is 2.30. The van der Waals surface area contributed by atoms with E-state index < -0.39 is 0 Å².